The van der Waals surface area contributed by atoms with Gasteiger partial charge in [0.15, 0.2) is 5.69 Å². The standard InChI is InChI=1S/C20H17F3N2S/c1-24-16-4-2-14(3-5-16)15-10-19(11-15)12-25(13-19)17-6-8-18(9-7-17)26-20(21,22)23/h2-9,15H,10-13H2. The smallest absolute Gasteiger partial charge is 0.370 e. The molecular formula is C20H17F3N2S. The molecule has 2 fully saturated rings. The first-order valence-electron chi connectivity index (χ1n) is 8.44. The maximum absolute atomic E-state index is 12.4. The Balaban J connectivity index is 1.31. The van der Waals surface area contributed by atoms with Crippen molar-refractivity contribution in [2.75, 3.05) is 18.0 Å². The van der Waals surface area contributed by atoms with Gasteiger partial charge in [-0.25, -0.2) is 4.85 Å². The zero-order chi connectivity index (χ0) is 18.4. The van der Waals surface area contributed by atoms with Crippen LogP contribution in [-0.4, -0.2) is 18.6 Å². The highest BCUT2D eigenvalue weighted by atomic mass is 32.2. The van der Waals surface area contributed by atoms with Crippen LogP contribution in [0.15, 0.2) is 53.4 Å². The van der Waals surface area contributed by atoms with E-state index in [1.807, 2.05) is 12.1 Å². The molecule has 1 saturated heterocycles. The number of alkyl halides is 3. The van der Waals surface area contributed by atoms with E-state index in [0.717, 1.165) is 31.6 Å². The fourth-order valence-electron chi connectivity index (χ4n) is 4.11. The first-order chi connectivity index (χ1) is 12.4. The average Bonchev–Trinajstić information content (AvgIpc) is 2.53. The molecule has 0 bridgehead atoms. The molecule has 2 nitrogen and oxygen atoms in total. The van der Waals surface area contributed by atoms with Crippen LogP contribution in [0.3, 0.4) is 0 Å². The van der Waals surface area contributed by atoms with E-state index in [1.54, 1.807) is 24.3 Å². The maximum atomic E-state index is 12.4. The Hall–Kier alpha value is -2.13. The Morgan fingerprint density at radius 3 is 2.15 bits per heavy atom. The number of rotatable bonds is 3. The number of thioether (sulfide) groups is 1. The average molecular weight is 374 g/mol. The summed E-state index contributed by atoms with van der Waals surface area (Å²) in [6.45, 7) is 8.94. The molecule has 1 heterocycles. The molecule has 0 amide bonds. The lowest BCUT2D eigenvalue weighted by Crippen LogP contribution is -2.61. The number of nitrogens with zero attached hydrogens (tertiary/aromatic N) is 2. The molecular weight excluding hydrogens is 357 g/mol. The third-order valence-corrected chi connectivity index (χ3v) is 6.08. The summed E-state index contributed by atoms with van der Waals surface area (Å²) in [7, 11) is 0. The van der Waals surface area contributed by atoms with Crippen LogP contribution < -0.4 is 4.90 Å². The topological polar surface area (TPSA) is 7.60 Å². The summed E-state index contributed by atoms with van der Waals surface area (Å²) in [4.78, 5) is 5.88. The van der Waals surface area contributed by atoms with E-state index in [1.165, 1.54) is 5.56 Å². The number of hydrogen-bond donors (Lipinski definition) is 0. The van der Waals surface area contributed by atoms with E-state index >= 15 is 0 Å². The predicted molar refractivity (Wildman–Crippen MR) is 97.7 cm³/mol. The van der Waals surface area contributed by atoms with Crippen LogP contribution in [-0.2, 0) is 0 Å². The van der Waals surface area contributed by atoms with Crippen LogP contribution in [0.5, 0.6) is 0 Å². The van der Waals surface area contributed by atoms with Crippen LogP contribution in [0, 0.1) is 12.0 Å². The van der Waals surface area contributed by atoms with Gasteiger partial charge in [0.25, 0.3) is 0 Å². The van der Waals surface area contributed by atoms with E-state index in [2.05, 4.69) is 21.9 Å². The van der Waals surface area contributed by atoms with Gasteiger partial charge in [0.2, 0.25) is 0 Å². The molecule has 0 aromatic heterocycles. The summed E-state index contributed by atoms with van der Waals surface area (Å²) >= 11 is -0.0742. The second-order valence-electron chi connectivity index (χ2n) is 7.21. The van der Waals surface area contributed by atoms with Gasteiger partial charge in [-0.2, -0.15) is 13.2 Å². The summed E-state index contributed by atoms with van der Waals surface area (Å²) in [6.07, 6.45) is 2.28. The monoisotopic (exact) mass is 374 g/mol. The number of anilines is 1. The van der Waals surface area contributed by atoms with Gasteiger partial charge in [0, 0.05) is 29.1 Å². The zero-order valence-electron chi connectivity index (χ0n) is 14.0. The van der Waals surface area contributed by atoms with Crippen molar-refractivity contribution in [3.05, 3.63) is 65.5 Å². The molecule has 6 heteroatoms. The largest absolute Gasteiger partial charge is 0.446 e. The van der Waals surface area contributed by atoms with Gasteiger partial charge in [-0.3, -0.25) is 0 Å². The Kier molecular flexibility index (Phi) is 4.15. The Morgan fingerprint density at radius 1 is 1.00 bits per heavy atom. The molecule has 0 N–H and O–H groups in total. The van der Waals surface area contributed by atoms with Crippen LogP contribution in [0.1, 0.15) is 24.3 Å². The minimum atomic E-state index is -4.24. The second-order valence-corrected chi connectivity index (χ2v) is 8.34. The Bertz CT molecular complexity index is 823. The van der Waals surface area contributed by atoms with Gasteiger partial charge in [-0.05, 0) is 60.4 Å². The molecule has 0 atom stereocenters. The van der Waals surface area contributed by atoms with Gasteiger partial charge < -0.3 is 4.90 Å². The minimum Gasteiger partial charge on any atom is -0.370 e. The van der Waals surface area contributed by atoms with Gasteiger partial charge in [0.1, 0.15) is 0 Å². The SMILES string of the molecule is [C-]#[N+]c1ccc(C2CC3(C2)CN(c2ccc(SC(F)(F)F)cc2)C3)cc1. The van der Waals surface area contributed by atoms with Gasteiger partial charge in [-0.15, -0.1) is 0 Å². The molecule has 2 aromatic carbocycles. The van der Waals surface area contributed by atoms with Gasteiger partial charge in [0.05, 0.1) is 6.57 Å². The Morgan fingerprint density at radius 2 is 1.62 bits per heavy atom. The summed E-state index contributed by atoms with van der Waals surface area (Å²) in [5.74, 6) is 0.558. The second kappa shape index (κ2) is 6.24. The third-order valence-electron chi connectivity index (χ3n) is 5.34. The van der Waals surface area contributed by atoms with Crippen molar-refractivity contribution in [1.29, 1.82) is 0 Å². The Labute approximate surface area is 154 Å². The molecule has 2 aliphatic rings. The lowest BCUT2D eigenvalue weighted by atomic mass is 9.56. The number of halogens is 3. The summed E-state index contributed by atoms with van der Waals surface area (Å²) < 4.78 is 37.2. The van der Waals surface area contributed by atoms with Crippen molar-refractivity contribution in [3.8, 4) is 0 Å². The van der Waals surface area contributed by atoms with E-state index in [9.17, 15) is 13.2 Å². The molecule has 26 heavy (non-hydrogen) atoms. The first kappa shape index (κ1) is 17.3. The molecule has 2 aromatic rings. The van der Waals surface area contributed by atoms with E-state index in [-0.39, 0.29) is 16.7 Å². The van der Waals surface area contributed by atoms with E-state index < -0.39 is 5.51 Å². The van der Waals surface area contributed by atoms with Crippen molar-refractivity contribution < 1.29 is 13.2 Å². The molecule has 1 saturated carbocycles. The van der Waals surface area contributed by atoms with Crippen molar-refractivity contribution in [2.24, 2.45) is 5.41 Å². The van der Waals surface area contributed by atoms with Crippen LogP contribution in [0.4, 0.5) is 24.5 Å². The number of benzene rings is 2. The first-order valence-corrected chi connectivity index (χ1v) is 9.26. The fourth-order valence-corrected chi connectivity index (χ4v) is 4.64. The predicted octanol–water partition coefficient (Wildman–Crippen LogP) is 6.23. The molecule has 1 spiro atoms. The van der Waals surface area contributed by atoms with Crippen LogP contribution in [0.25, 0.3) is 4.85 Å². The minimum absolute atomic E-state index is 0.0742. The van der Waals surface area contributed by atoms with Crippen LogP contribution in [0.2, 0.25) is 0 Å². The maximum Gasteiger partial charge on any atom is 0.446 e. The zero-order valence-corrected chi connectivity index (χ0v) is 14.8. The molecule has 0 radical (unpaired) electrons. The highest BCUT2D eigenvalue weighted by Crippen LogP contribution is 2.56. The lowest BCUT2D eigenvalue weighted by Gasteiger charge is -2.60. The van der Waals surface area contributed by atoms with Crippen molar-refractivity contribution in [3.63, 3.8) is 0 Å². The number of hydrogen-bond acceptors (Lipinski definition) is 2. The highest BCUT2D eigenvalue weighted by Gasteiger charge is 2.52. The summed E-state index contributed by atoms with van der Waals surface area (Å²) in [5.41, 5.74) is -0.926. The third kappa shape index (κ3) is 3.41. The van der Waals surface area contributed by atoms with Crippen LogP contribution >= 0.6 is 11.8 Å². The molecule has 1 aliphatic carbocycles. The summed E-state index contributed by atoms with van der Waals surface area (Å²) in [5, 5.41) is 0. The van der Waals surface area contributed by atoms with E-state index in [4.69, 9.17) is 6.57 Å². The fraction of sp³-hybridized carbons (Fsp3) is 0.350. The van der Waals surface area contributed by atoms with Crippen molar-refractivity contribution in [2.45, 2.75) is 29.2 Å². The lowest BCUT2D eigenvalue weighted by molar-refractivity contribution is -0.0328. The van der Waals surface area contributed by atoms with Gasteiger partial charge >= 0.3 is 5.51 Å². The van der Waals surface area contributed by atoms with Crippen molar-refractivity contribution >= 4 is 23.1 Å². The molecule has 134 valence electrons. The van der Waals surface area contributed by atoms with Gasteiger partial charge in [-0.1, -0.05) is 24.3 Å². The quantitative estimate of drug-likeness (QED) is 0.464. The highest BCUT2D eigenvalue weighted by molar-refractivity contribution is 8.00. The normalized spacial score (nSPS) is 18.9. The molecule has 0 unspecified atom stereocenters. The molecule has 4 rings (SSSR count). The van der Waals surface area contributed by atoms with E-state index in [0.29, 0.717) is 17.0 Å². The summed E-state index contributed by atoms with van der Waals surface area (Å²) in [6, 6.07) is 14.5. The molecule has 1 aliphatic heterocycles. The van der Waals surface area contributed by atoms with Crippen molar-refractivity contribution in [1.82, 2.24) is 0 Å².